The van der Waals surface area contributed by atoms with Crippen LogP contribution in [0.25, 0.3) is 0 Å². The lowest BCUT2D eigenvalue weighted by atomic mass is 9.80. The molecular weight excluding hydrogens is 399 g/mol. The summed E-state index contributed by atoms with van der Waals surface area (Å²) in [7, 11) is 0. The number of benzene rings is 2. The molecule has 2 aromatic rings. The van der Waals surface area contributed by atoms with Gasteiger partial charge in [-0.2, -0.15) is 8.78 Å². The molecule has 162 valence electrons. The van der Waals surface area contributed by atoms with Crippen LogP contribution in [-0.2, 0) is 6.11 Å². The van der Waals surface area contributed by atoms with E-state index in [-0.39, 0.29) is 17.4 Å². The third kappa shape index (κ3) is 4.85. The van der Waals surface area contributed by atoms with Crippen LogP contribution in [0, 0.1) is 17.5 Å². The summed E-state index contributed by atoms with van der Waals surface area (Å²) in [4.78, 5) is 0. The third-order valence-electron chi connectivity index (χ3n) is 5.64. The standard InChI is InChI=1S/C24H25F5O/c1-3-7-15(2)17-10-11-20(19(12-17)16-8-5-4-6-9-16)24(28,29)30-18-13-21(25)23(27)22(26)14-18/h3,7,10-16H,4-6,8-9H2,1-2H3/b7-3+. The first-order chi connectivity index (χ1) is 14.2. The Kier molecular flexibility index (Phi) is 6.84. The molecule has 0 amide bonds. The van der Waals surface area contributed by atoms with Gasteiger partial charge in [0.2, 0.25) is 0 Å². The number of allylic oxidation sites excluding steroid dienone is 2. The van der Waals surface area contributed by atoms with Gasteiger partial charge in [0.15, 0.2) is 17.5 Å². The number of rotatable bonds is 6. The second-order valence-corrected chi connectivity index (χ2v) is 7.82. The number of ether oxygens (including phenoxy) is 1. The Labute approximate surface area is 173 Å². The third-order valence-corrected chi connectivity index (χ3v) is 5.64. The van der Waals surface area contributed by atoms with Crippen LogP contribution >= 0.6 is 0 Å². The zero-order chi connectivity index (χ0) is 21.9. The van der Waals surface area contributed by atoms with Crippen LogP contribution < -0.4 is 4.74 Å². The molecule has 30 heavy (non-hydrogen) atoms. The van der Waals surface area contributed by atoms with Gasteiger partial charge in [-0.25, -0.2) is 13.2 Å². The summed E-state index contributed by atoms with van der Waals surface area (Å²) < 4.78 is 75.0. The van der Waals surface area contributed by atoms with Gasteiger partial charge in [0, 0.05) is 12.1 Å². The minimum absolute atomic E-state index is 0.0392. The second kappa shape index (κ2) is 9.19. The van der Waals surface area contributed by atoms with Crippen molar-refractivity contribution in [1.29, 1.82) is 0 Å². The molecule has 1 nitrogen and oxygen atoms in total. The van der Waals surface area contributed by atoms with E-state index in [1.807, 2.05) is 26.0 Å². The van der Waals surface area contributed by atoms with Crippen LogP contribution in [0.1, 0.15) is 74.5 Å². The lowest BCUT2D eigenvalue weighted by molar-refractivity contribution is -0.186. The van der Waals surface area contributed by atoms with E-state index < -0.39 is 29.3 Å². The molecule has 0 heterocycles. The van der Waals surface area contributed by atoms with Crippen LogP contribution in [0.2, 0.25) is 0 Å². The predicted molar refractivity (Wildman–Crippen MR) is 106 cm³/mol. The van der Waals surface area contributed by atoms with Crippen molar-refractivity contribution in [3.63, 3.8) is 0 Å². The van der Waals surface area contributed by atoms with E-state index >= 15 is 8.78 Å². The molecule has 0 aromatic heterocycles. The maximum Gasteiger partial charge on any atom is 0.426 e. The summed E-state index contributed by atoms with van der Waals surface area (Å²) in [5, 5.41) is 0. The Morgan fingerprint density at radius 3 is 2.23 bits per heavy atom. The summed E-state index contributed by atoms with van der Waals surface area (Å²) in [6.07, 6.45) is 4.65. The van der Waals surface area contributed by atoms with Gasteiger partial charge in [0.25, 0.3) is 0 Å². The minimum Gasteiger partial charge on any atom is -0.429 e. The molecule has 0 saturated heterocycles. The normalized spacial score (nSPS) is 16.8. The molecule has 0 bridgehead atoms. The average Bonchev–Trinajstić information content (AvgIpc) is 2.72. The maximum atomic E-state index is 15.1. The topological polar surface area (TPSA) is 9.23 Å². The van der Waals surface area contributed by atoms with Crippen LogP contribution in [0.4, 0.5) is 22.0 Å². The van der Waals surface area contributed by atoms with Gasteiger partial charge in [-0.1, -0.05) is 50.5 Å². The highest BCUT2D eigenvalue weighted by Gasteiger charge is 2.39. The van der Waals surface area contributed by atoms with Crippen molar-refractivity contribution in [3.05, 3.63) is 76.6 Å². The molecule has 0 N–H and O–H groups in total. The van der Waals surface area contributed by atoms with E-state index in [2.05, 4.69) is 4.74 Å². The molecule has 0 aliphatic heterocycles. The molecule has 1 saturated carbocycles. The molecule has 1 aliphatic carbocycles. The van der Waals surface area contributed by atoms with Gasteiger partial charge in [-0.05, 0) is 48.8 Å². The highest BCUT2D eigenvalue weighted by atomic mass is 19.3. The largest absolute Gasteiger partial charge is 0.429 e. The van der Waals surface area contributed by atoms with Crippen molar-refractivity contribution < 1.29 is 26.7 Å². The van der Waals surface area contributed by atoms with E-state index in [9.17, 15) is 13.2 Å². The van der Waals surface area contributed by atoms with Crippen molar-refractivity contribution in [2.24, 2.45) is 0 Å². The molecule has 3 rings (SSSR count). The summed E-state index contributed by atoms with van der Waals surface area (Å²) in [6, 6.07) is 5.59. The minimum atomic E-state index is -3.83. The molecule has 2 aromatic carbocycles. The Bertz CT molecular complexity index is 893. The van der Waals surface area contributed by atoms with Crippen LogP contribution in [0.5, 0.6) is 5.75 Å². The van der Waals surface area contributed by atoms with Crippen molar-refractivity contribution in [2.75, 3.05) is 0 Å². The molecule has 0 spiro atoms. The van der Waals surface area contributed by atoms with E-state index in [4.69, 9.17) is 0 Å². The maximum absolute atomic E-state index is 15.1. The molecular formula is C24H25F5O. The summed E-state index contributed by atoms with van der Waals surface area (Å²) >= 11 is 0. The fourth-order valence-corrected chi connectivity index (χ4v) is 4.07. The van der Waals surface area contributed by atoms with Gasteiger partial charge < -0.3 is 4.74 Å². The molecule has 0 radical (unpaired) electrons. The molecule has 1 fully saturated rings. The summed E-state index contributed by atoms with van der Waals surface area (Å²) in [6.45, 7) is 3.88. The van der Waals surface area contributed by atoms with Crippen molar-refractivity contribution in [3.8, 4) is 5.75 Å². The SMILES string of the molecule is C/C=C/C(C)c1ccc(C(F)(F)Oc2cc(F)c(F)c(F)c2)c(C2CCCCC2)c1. The quantitative estimate of drug-likeness (QED) is 0.260. The Hall–Kier alpha value is -2.37. The zero-order valence-corrected chi connectivity index (χ0v) is 17.0. The highest BCUT2D eigenvalue weighted by Crippen LogP contribution is 2.42. The van der Waals surface area contributed by atoms with Crippen LogP contribution in [0.3, 0.4) is 0 Å². The molecule has 1 unspecified atom stereocenters. The summed E-state index contributed by atoms with van der Waals surface area (Å²) in [5.41, 5.74) is 1.08. The second-order valence-electron chi connectivity index (χ2n) is 7.82. The predicted octanol–water partition coefficient (Wildman–Crippen LogP) is 7.96. The Morgan fingerprint density at radius 2 is 1.63 bits per heavy atom. The van der Waals surface area contributed by atoms with Crippen molar-refractivity contribution in [2.45, 2.75) is 63.9 Å². The number of hydrogen-bond acceptors (Lipinski definition) is 1. The van der Waals surface area contributed by atoms with Gasteiger partial charge in [0.1, 0.15) is 5.75 Å². The van der Waals surface area contributed by atoms with Gasteiger partial charge in [0.05, 0.1) is 5.56 Å². The van der Waals surface area contributed by atoms with E-state index in [1.165, 1.54) is 6.07 Å². The van der Waals surface area contributed by atoms with Crippen LogP contribution in [0.15, 0.2) is 42.5 Å². The summed E-state index contributed by atoms with van der Waals surface area (Å²) in [5.74, 6) is -5.63. The number of hydrogen-bond donors (Lipinski definition) is 0. The highest BCUT2D eigenvalue weighted by molar-refractivity contribution is 5.40. The Morgan fingerprint density at radius 1 is 1.00 bits per heavy atom. The first-order valence-electron chi connectivity index (χ1n) is 10.2. The van der Waals surface area contributed by atoms with Crippen LogP contribution in [-0.4, -0.2) is 0 Å². The monoisotopic (exact) mass is 424 g/mol. The smallest absolute Gasteiger partial charge is 0.426 e. The van der Waals surface area contributed by atoms with E-state index in [0.717, 1.165) is 37.7 Å². The fourth-order valence-electron chi connectivity index (χ4n) is 4.07. The first kappa shape index (κ1) is 22.3. The lowest BCUT2D eigenvalue weighted by Gasteiger charge is -2.28. The van der Waals surface area contributed by atoms with Gasteiger partial charge in [-0.3, -0.25) is 0 Å². The van der Waals surface area contributed by atoms with E-state index in [1.54, 1.807) is 12.1 Å². The lowest BCUT2D eigenvalue weighted by Crippen LogP contribution is -2.25. The fraction of sp³-hybridized carbons (Fsp3) is 0.417. The van der Waals surface area contributed by atoms with Crippen molar-refractivity contribution in [1.82, 2.24) is 0 Å². The zero-order valence-electron chi connectivity index (χ0n) is 17.0. The van der Waals surface area contributed by atoms with Gasteiger partial charge >= 0.3 is 6.11 Å². The molecule has 6 heteroatoms. The number of alkyl halides is 2. The van der Waals surface area contributed by atoms with Gasteiger partial charge in [-0.15, -0.1) is 0 Å². The Balaban J connectivity index is 2.01. The van der Waals surface area contributed by atoms with E-state index in [0.29, 0.717) is 17.7 Å². The molecule has 1 atom stereocenters. The number of halogens is 5. The average molecular weight is 424 g/mol. The van der Waals surface area contributed by atoms with Crippen molar-refractivity contribution >= 4 is 0 Å². The molecule has 1 aliphatic rings. The first-order valence-corrected chi connectivity index (χ1v) is 10.2.